The smallest absolute Gasteiger partial charge is 0.162 e. The summed E-state index contributed by atoms with van der Waals surface area (Å²) in [4.78, 5) is 11.2. The molecule has 7 nitrogen and oxygen atoms in total. The first-order valence-corrected chi connectivity index (χ1v) is 11.5. The van der Waals surface area contributed by atoms with E-state index in [1.807, 2.05) is 47.4 Å². The summed E-state index contributed by atoms with van der Waals surface area (Å²) in [5.74, 6) is 0.906. The van der Waals surface area contributed by atoms with E-state index in [2.05, 4.69) is 59.7 Å². The summed E-state index contributed by atoms with van der Waals surface area (Å²) in [5, 5.41) is 4.49. The topological polar surface area (TPSA) is 64.8 Å². The molecule has 172 valence electrons. The predicted molar refractivity (Wildman–Crippen MR) is 130 cm³/mol. The molecule has 0 N–H and O–H groups in total. The number of halogens is 2. The summed E-state index contributed by atoms with van der Waals surface area (Å²) in [6.07, 6.45) is 13.3. The average Bonchev–Trinajstić information content (AvgIpc) is 3.30. The van der Waals surface area contributed by atoms with E-state index in [4.69, 9.17) is 4.74 Å². The Kier molecular flexibility index (Phi) is 8.49. The zero-order valence-corrected chi connectivity index (χ0v) is 19.6. The van der Waals surface area contributed by atoms with Gasteiger partial charge in [-0.05, 0) is 61.3 Å². The number of fused-ring (bicyclic) bond motifs is 1. The second-order valence-electron chi connectivity index (χ2n) is 7.74. The predicted octanol–water partition coefficient (Wildman–Crippen LogP) is 5.63. The Labute approximate surface area is 203 Å². The van der Waals surface area contributed by atoms with E-state index in [1.54, 1.807) is 12.4 Å². The van der Waals surface area contributed by atoms with Crippen molar-refractivity contribution in [1.29, 1.82) is 0 Å². The molecule has 1 fully saturated rings. The van der Waals surface area contributed by atoms with Crippen LogP contribution in [0.2, 0.25) is 0 Å². The molecule has 1 saturated heterocycles. The summed E-state index contributed by atoms with van der Waals surface area (Å²) in [7, 11) is 0. The lowest BCUT2D eigenvalue weighted by atomic mass is 10.1. The minimum absolute atomic E-state index is 0.734. The fraction of sp³-hybridized carbons (Fsp3) is 0.292. The number of aromatic nitrogens is 4. The SMILES string of the molecule is ClOCl.c1cc(-c2cnn3cc(-c4ccc(OCCN5CCCCC5)cc4)cnc23)ccn1. The maximum absolute atomic E-state index is 5.94. The van der Waals surface area contributed by atoms with E-state index >= 15 is 0 Å². The minimum Gasteiger partial charge on any atom is -0.492 e. The van der Waals surface area contributed by atoms with Crippen LogP contribution in [0.1, 0.15) is 19.3 Å². The molecule has 0 unspecified atom stereocenters. The lowest BCUT2D eigenvalue weighted by Crippen LogP contribution is -2.33. The van der Waals surface area contributed by atoms with Crippen molar-refractivity contribution >= 4 is 29.4 Å². The molecule has 9 heteroatoms. The molecule has 0 saturated carbocycles. The molecule has 4 heterocycles. The Bertz CT molecular complexity index is 1130. The number of pyridine rings is 1. The van der Waals surface area contributed by atoms with Crippen LogP contribution in [0.5, 0.6) is 5.75 Å². The lowest BCUT2D eigenvalue weighted by molar-refractivity contribution is 0.183. The van der Waals surface area contributed by atoms with Crippen LogP contribution in [0.4, 0.5) is 0 Å². The second-order valence-corrected chi connectivity index (χ2v) is 8.20. The zero-order valence-electron chi connectivity index (χ0n) is 18.1. The number of hydrogen-bond donors (Lipinski definition) is 0. The maximum Gasteiger partial charge on any atom is 0.162 e. The van der Waals surface area contributed by atoms with Crippen molar-refractivity contribution in [3.63, 3.8) is 0 Å². The number of benzene rings is 1. The molecule has 0 aliphatic carbocycles. The fourth-order valence-corrected chi connectivity index (χ4v) is 3.98. The first kappa shape index (κ1) is 23.4. The van der Waals surface area contributed by atoms with E-state index in [0.717, 1.165) is 46.8 Å². The quantitative estimate of drug-likeness (QED) is 0.352. The van der Waals surface area contributed by atoms with Crippen molar-refractivity contribution in [3.05, 3.63) is 67.4 Å². The van der Waals surface area contributed by atoms with Crippen LogP contribution in [0, 0.1) is 0 Å². The van der Waals surface area contributed by atoms with Crippen molar-refractivity contribution in [2.75, 3.05) is 26.2 Å². The van der Waals surface area contributed by atoms with Gasteiger partial charge in [-0.15, -0.1) is 0 Å². The van der Waals surface area contributed by atoms with E-state index < -0.39 is 0 Å². The third kappa shape index (κ3) is 6.21. The molecule has 1 aliphatic rings. The highest BCUT2D eigenvalue weighted by atomic mass is 35.6. The third-order valence-electron chi connectivity index (χ3n) is 5.66. The van der Waals surface area contributed by atoms with Gasteiger partial charge in [0.25, 0.3) is 0 Å². The monoisotopic (exact) mass is 485 g/mol. The molecule has 0 amide bonds. The molecule has 5 rings (SSSR count). The lowest BCUT2D eigenvalue weighted by Gasteiger charge is -2.26. The molecule has 0 bridgehead atoms. The van der Waals surface area contributed by atoms with Crippen LogP contribution in [0.15, 0.2) is 67.4 Å². The van der Waals surface area contributed by atoms with Crippen LogP contribution in [0.3, 0.4) is 0 Å². The van der Waals surface area contributed by atoms with Gasteiger partial charge in [0.2, 0.25) is 0 Å². The van der Waals surface area contributed by atoms with Crippen LogP contribution in [-0.2, 0) is 3.84 Å². The van der Waals surface area contributed by atoms with Crippen LogP contribution in [0.25, 0.3) is 27.9 Å². The largest absolute Gasteiger partial charge is 0.492 e. The second kappa shape index (κ2) is 12.0. The van der Waals surface area contributed by atoms with Crippen molar-refractivity contribution in [3.8, 4) is 28.0 Å². The molecule has 1 aliphatic heterocycles. The van der Waals surface area contributed by atoms with Gasteiger partial charge in [-0.2, -0.15) is 8.94 Å². The number of hydrogen-bond acceptors (Lipinski definition) is 6. The summed E-state index contributed by atoms with van der Waals surface area (Å²) < 4.78 is 11.0. The Morgan fingerprint density at radius 2 is 1.58 bits per heavy atom. The molecule has 0 radical (unpaired) electrons. The van der Waals surface area contributed by atoms with Gasteiger partial charge in [0.05, 0.1) is 29.9 Å². The fourth-order valence-electron chi connectivity index (χ4n) is 3.98. The van der Waals surface area contributed by atoms with Gasteiger partial charge in [0.15, 0.2) is 5.65 Å². The van der Waals surface area contributed by atoms with Crippen molar-refractivity contribution < 1.29 is 8.58 Å². The molecule has 4 aromatic rings. The van der Waals surface area contributed by atoms with E-state index in [1.165, 1.54) is 32.4 Å². The third-order valence-corrected chi connectivity index (χ3v) is 5.66. The summed E-state index contributed by atoms with van der Waals surface area (Å²) >= 11 is 8.53. The van der Waals surface area contributed by atoms with Crippen LogP contribution >= 0.6 is 23.7 Å². The zero-order chi connectivity index (χ0) is 22.9. The number of rotatable bonds is 6. The highest BCUT2D eigenvalue weighted by molar-refractivity contribution is 6.24. The standard InChI is InChI=1S/C24H25N5O.Cl2O/c1-2-12-28(13-3-1)14-15-30-22-6-4-19(5-7-22)21-16-26-24-23(17-27-29(24)18-21)20-8-10-25-11-9-20;1-3-2/h4-11,16-18H,1-3,12-15H2;. The van der Waals surface area contributed by atoms with Gasteiger partial charge >= 0.3 is 0 Å². The maximum atomic E-state index is 5.94. The van der Waals surface area contributed by atoms with Crippen molar-refractivity contribution in [2.24, 2.45) is 0 Å². The molecule has 0 spiro atoms. The first-order chi connectivity index (χ1) is 16.3. The highest BCUT2D eigenvalue weighted by Gasteiger charge is 2.11. The molecule has 0 atom stereocenters. The summed E-state index contributed by atoms with van der Waals surface area (Å²) in [5.41, 5.74) is 5.01. The van der Waals surface area contributed by atoms with E-state index in [0.29, 0.717) is 0 Å². The average molecular weight is 486 g/mol. The Hall–Kier alpha value is -2.71. The Morgan fingerprint density at radius 1 is 0.848 bits per heavy atom. The van der Waals surface area contributed by atoms with Crippen molar-refractivity contribution in [2.45, 2.75) is 19.3 Å². The van der Waals surface area contributed by atoms with Crippen molar-refractivity contribution in [1.82, 2.24) is 24.5 Å². The van der Waals surface area contributed by atoms with Gasteiger partial charge in [0.1, 0.15) is 12.4 Å². The van der Waals surface area contributed by atoms with Gasteiger partial charge in [-0.25, -0.2) is 9.50 Å². The number of nitrogens with zero attached hydrogens (tertiary/aromatic N) is 5. The Morgan fingerprint density at radius 3 is 2.30 bits per heavy atom. The van der Waals surface area contributed by atoms with E-state index in [9.17, 15) is 0 Å². The molecular weight excluding hydrogens is 461 g/mol. The normalized spacial score (nSPS) is 14.0. The minimum atomic E-state index is 0.734. The molecule has 3 aromatic heterocycles. The van der Waals surface area contributed by atoms with E-state index in [-0.39, 0.29) is 0 Å². The van der Waals surface area contributed by atoms with Crippen LogP contribution < -0.4 is 4.74 Å². The highest BCUT2D eigenvalue weighted by Crippen LogP contribution is 2.26. The Balaban J connectivity index is 0.000000821. The molecule has 1 aromatic carbocycles. The van der Waals surface area contributed by atoms with Crippen LogP contribution in [-0.4, -0.2) is 50.7 Å². The summed E-state index contributed by atoms with van der Waals surface area (Å²) in [6, 6.07) is 12.1. The van der Waals surface area contributed by atoms with Gasteiger partial charge in [-0.3, -0.25) is 9.88 Å². The van der Waals surface area contributed by atoms with Gasteiger partial charge in [0, 0.05) is 42.5 Å². The summed E-state index contributed by atoms with van der Waals surface area (Å²) in [6.45, 7) is 4.14. The molecular formula is C24H25Cl2N5O2. The number of ether oxygens (including phenoxy) is 1. The van der Waals surface area contributed by atoms with Gasteiger partial charge < -0.3 is 4.74 Å². The van der Waals surface area contributed by atoms with Gasteiger partial charge in [-0.1, -0.05) is 18.6 Å². The first-order valence-electron chi connectivity index (χ1n) is 10.9. The molecule has 33 heavy (non-hydrogen) atoms. The number of piperidine rings is 1. The number of likely N-dealkylation sites (tertiary alicyclic amines) is 1.